The minimum absolute atomic E-state index is 0. The first-order valence-corrected chi connectivity index (χ1v) is 12.8. The normalized spacial score (nSPS) is 14.2. The molecule has 1 atom stereocenters. The molecule has 0 unspecified atom stereocenters. The predicted molar refractivity (Wildman–Crippen MR) is 87.8 cm³/mol. The fourth-order valence-electron chi connectivity index (χ4n) is 1.71. The molecular formula is C17H23N2O3VWY-5. The van der Waals surface area contributed by atoms with Crippen LogP contribution < -0.4 is 10.2 Å². The second-order valence-corrected chi connectivity index (χ2v) is 4.48. The van der Waals surface area contributed by atoms with Gasteiger partial charge >= 0.3 is 37.0 Å². The smallest absolute Gasteiger partial charge is 0 e. The van der Waals surface area contributed by atoms with Gasteiger partial charge in [-0.3, -0.25) is 15.8 Å². The summed E-state index contributed by atoms with van der Waals surface area (Å²) in [6, 6.07) is 8.20. The van der Waals surface area contributed by atoms with Crippen LogP contribution in [-0.2, 0) is 73.1 Å². The minimum Gasteiger partial charge on any atom is 0 e. The Kier molecular flexibility index (Phi) is 21.1. The van der Waals surface area contributed by atoms with Crippen molar-refractivity contribution in [2.45, 2.75) is 19.4 Å². The van der Waals surface area contributed by atoms with Crippen LogP contribution in [0.4, 0.5) is 10.5 Å². The van der Waals surface area contributed by atoms with E-state index in [9.17, 15) is 9.59 Å². The van der Waals surface area contributed by atoms with Crippen molar-refractivity contribution in [1.29, 1.82) is 0 Å². The Balaban J connectivity index is -0.000000627. The van der Waals surface area contributed by atoms with Gasteiger partial charge in [-0.25, -0.2) is 4.79 Å². The first-order valence-electron chi connectivity index (χ1n) is 6.81. The van der Waals surface area contributed by atoms with E-state index in [1.54, 1.807) is 18.2 Å². The van der Waals surface area contributed by atoms with Crippen LogP contribution in [0.15, 0.2) is 18.2 Å². The van der Waals surface area contributed by atoms with Crippen molar-refractivity contribution in [1.82, 2.24) is 5.32 Å². The summed E-state index contributed by atoms with van der Waals surface area (Å²) in [5.74, 6) is -0.140. The van der Waals surface area contributed by atoms with Gasteiger partial charge in [-0.1, -0.05) is 0 Å². The van der Waals surface area contributed by atoms with Crippen LogP contribution in [0.25, 0.3) is 0 Å². The molecular weight excluding hydrogens is 604 g/mol. The van der Waals surface area contributed by atoms with Gasteiger partial charge in [-0.05, 0) is 5.69 Å². The molecule has 1 N–H and O–H groups in total. The Bertz CT molecular complexity index is 503. The SMILES string of the molecule is [CH2-]C[CH2-].[CH2-]c1[c-]cc(N2C[C@H](CNC(C)=O)OC2=O)cc1.[CH3-].[V]=[W].[Y]. The summed E-state index contributed by atoms with van der Waals surface area (Å²) in [4.78, 5) is 24.0. The van der Waals surface area contributed by atoms with E-state index >= 15 is 0 Å². The van der Waals surface area contributed by atoms with Gasteiger partial charge in [0, 0.05) is 39.6 Å². The van der Waals surface area contributed by atoms with Crippen LogP contribution >= 0.6 is 0 Å². The maximum Gasteiger partial charge on any atom is 0 e. The van der Waals surface area contributed by atoms with E-state index in [4.69, 9.17) is 4.74 Å². The molecule has 1 heterocycles. The maximum absolute atomic E-state index is 11.7. The molecule has 138 valence electrons. The summed E-state index contributed by atoms with van der Waals surface area (Å²) in [6.07, 6.45) is 0.0244. The molecule has 1 saturated heterocycles. The number of rotatable bonds is 3. The van der Waals surface area contributed by atoms with Crippen LogP contribution in [0, 0.1) is 34.3 Å². The van der Waals surface area contributed by atoms with Gasteiger partial charge < -0.3 is 56.3 Å². The molecule has 0 bridgehead atoms. The standard InChI is InChI=1S/C13H14N2O3.C3H6.CH3.V.W.Y/c1-9-3-5-11(6-4-9)15-8-12(18-13(15)17)7-14-10(2)16;1-3-2;;;;/h3,5-6,12H,1,7-8H2,2H3,(H,14,16);1-3H2;1H3;;;/q2*-2;-1;;;/t12-;;;;;/m0...../s1. The third-order valence-electron chi connectivity index (χ3n) is 2.63. The Labute approximate surface area is 194 Å². The van der Waals surface area contributed by atoms with Crippen molar-refractivity contribution < 1.29 is 77.9 Å². The number of hydrogen-bond acceptors (Lipinski definition) is 3. The Hall–Kier alpha value is 0.207. The number of amides is 2. The topological polar surface area (TPSA) is 58.6 Å². The number of nitrogens with one attached hydrogen (secondary N) is 1. The Morgan fingerprint density at radius 2 is 2.04 bits per heavy atom. The summed E-state index contributed by atoms with van der Waals surface area (Å²) < 4.78 is 5.15. The van der Waals surface area contributed by atoms with Crippen molar-refractivity contribution in [3.8, 4) is 0 Å². The number of carbonyl (C=O) groups is 2. The number of hydrogen-bond donors (Lipinski definition) is 1. The number of benzene rings is 1. The number of anilines is 1. The number of nitrogens with zero attached hydrogens (tertiary/aromatic N) is 1. The van der Waals surface area contributed by atoms with Crippen molar-refractivity contribution in [3.63, 3.8) is 0 Å². The molecule has 5 nitrogen and oxygen atoms in total. The fraction of sp³-hybridized carbons (Fsp3) is 0.294. The zero-order valence-electron chi connectivity index (χ0n) is 14.7. The molecule has 1 aromatic rings. The van der Waals surface area contributed by atoms with E-state index < -0.39 is 6.09 Å². The molecule has 8 heteroatoms. The number of carbonyl (C=O) groups excluding carboxylic acids is 2. The van der Waals surface area contributed by atoms with Crippen LogP contribution in [0.5, 0.6) is 0 Å². The maximum atomic E-state index is 11.7. The van der Waals surface area contributed by atoms with E-state index in [1.807, 2.05) is 0 Å². The van der Waals surface area contributed by atoms with Gasteiger partial charge in [-0.15, -0.1) is 6.07 Å². The number of cyclic esters (lactones) is 1. The van der Waals surface area contributed by atoms with E-state index in [0.717, 1.165) is 17.7 Å². The van der Waals surface area contributed by atoms with E-state index in [-0.39, 0.29) is 52.1 Å². The first kappa shape index (κ1) is 30.0. The molecule has 2 amide bonds. The summed E-state index contributed by atoms with van der Waals surface area (Å²) in [7, 11) is 0. The largest absolute Gasteiger partial charge is 0 e. The molecule has 0 spiro atoms. The zero-order valence-corrected chi connectivity index (χ0v) is 21.8. The fourth-order valence-corrected chi connectivity index (χ4v) is 1.71. The molecule has 25 heavy (non-hydrogen) atoms. The molecule has 0 aromatic heterocycles. The summed E-state index contributed by atoms with van der Waals surface area (Å²) >= 11 is 3.92. The third-order valence-corrected chi connectivity index (χ3v) is 2.63. The average molecular weight is 627 g/mol. The van der Waals surface area contributed by atoms with Gasteiger partial charge in [-0.2, -0.15) is 6.07 Å². The van der Waals surface area contributed by atoms with Crippen LogP contribution in [0.2, 0.25) is 0 Å². The zero-order chi connectivity index (χ0) is 17.8. The van der Waals surface area contributed by atoms with E-state index in [1.165, 1.54) is 28.6 Å². The van der Waals surface area contributed by atoms with Gasteiger partial charge in [0.25, 0.3) is 0 Å². The summed E-state index contributed by atoms with van der Waals surface area (Å²) in [5.41, 5.74) is 1.49. The Morgan fingerprint density at radius 1 is 1.48 bits per heavy atom. The first-order chi connectivity index (χ1) is 11.0. The van der Waals surface area contributed by atoms with Crippen molar-refractivity contribution >= 4 is 17.7 Å². The molecule has 2 rings (SSSR count). The van der Waals surface area contributed by atoms with E-state index in [0.29, 0.717) is 13.1 Å². The molecule has 0 saturated carbocycles. The van der Waals surface area contributed by atoms with Crippen LogP contribution in [0.3, 0.4) is 0 Å². The minimum atomic E-state index is -0.407. The molecule has 1 aromatic carbocycles. The molecule has 0 aliphatic carbocycles. The van der Waals surface area contributed by atoms with Gasteiger partial charge in [0.05, 0.1) is 13.1 Å². The molecule has 1 radical (unpaired) electrons. The second-order valence-electron chi connectivity index (χ2n) is 4.48. The molecule has 1 aliphatic heterocycles. The van der Waals surface area contributed by atoms with E-state index in [2.05, 4.69) is 46.2 Å². The number of ether oxygens (including phenoxy) is 1. The van der Waals surface area contributed by atoms with Gasteiger partial charge in [0.2, 0.25) is 5.91 Å². The third kappa shape index (κ3) is 12.3. The summed E-state index contributed by atoms with van der Waals surface area (Å²) in [5, 5.41) is 2.63. The quantitative estimate of drug-likeness (QED) is 0.525. The van der Waals surface area contributed by atoms with Gasteiger partial charge in [0.15, 0.2) is 0 Å². The van der Waals surface area contributed by atoms with Crippen molar-refractivity contribution in [2.24, 2.45) is 0 Å². The summed E-state index contributed by atoms with van der Waals surface area (Å²) in [6.45, 7) is 12.7. The average Bonchev–Trinajstić information content (AvgIpc) is 2.90. The molecule has 1 aliphatic rings. The Morgan fingerprint density at radius 3 is 2.48 bits per heavy atom. The van der Waals surface area contributed by atoms with Gasteiger partial charge in [0.1, 0.15) is 6.10 Å². The predicted octanol–water partition coefficient (Wildman–Crippen LogP) is 2.62. The monoisotopic (exact) mass is 627 g/mol. The molecule has 1 fully saturated rings. The van der Waals surface area contributed by atoms with Crippen molar-refractivity contribution in [2.75, 3.05) is 18.0 Å². The second kappa shape index (κ2) is 17.6. The van der Waals surface area contributed by atoms with Crippen molar-refractivity contribution in [3.05, 3.63) is 58.0 Å². The van der Waals surface area contributed by atoms with Crippen LogP contribution in [-0.4, -0.2) is 31.2 Å². The van der Waals surface area contributed by atoms with Crippen LogP contribution in [0.1, 0.15) is 18.9 Å².